The molecule has 2 aromatic carbocycles. The van der Waals surface area contributed by atoms with E-state index < -0.39 is 5.82 Å². The molecule has 0 saturated carbocycles. The molecule has 0 aromatic heterocycles. The smallest absolute Gasteiger partial charge is 0.126 e. The molecule has 4 heteroatoms. The molecule has 0 aliphatic rings. The molecular weight excluding hydrogens is 243 g/mol. The Labute approximate surface area is 111 Å². The lowest BCUT2D eigenvalue weighted by atomic mass is 10.1. The Hall–Kier alpha value is -2.54. The first-order valence-corrected chi connectivity index (χ1v) is 5.91. The number of anilines is 2. The molecule has 0 unspecified atom stereocenters. The number of benzene rings is 2. The predicted octanol–water partition coefficient (Wildman–Crippen LogP) is 3.56. The third kappa shape index (κ3) is 2.83. The van der Waals surface area contributed by atoms with Crippen LogP contribution in [0.15, 0.2) is 42.5 Å². The van der Waals surface area contributed by atoms with E-state index in [1.54, 1.807) is 24.3 Å². The molecule has 0 amide bonds. The van der Waals surface area contributed by atoms with Crippen LogP contribution in [-0.2, 0) is 0 Å². The Balaban J connectivity index is 2.48. The predicted molar refractivity (Wildman–Crippen MR) is 71.9 cm³/mol. The van der Waals surface area contributed by atoms with Crippen LogP contribution in [0.25, 0.3) is 0 Å². The van der Waals surface area contributed by atoms with Crippen LogP contribution in [0.4, 0.5) is 15.8 Å². The summed E-state index contributed by atoms with van der Waals surface area (Å²) in [6, 6.07) is 12.8. The largest absolute Gasteiger partial charge is 0.508 e. The van der Waals surface area contributed by atoms with Gasteiger partial charge < -0.3 is 10.0 Å². The van der Waals surface area contributed by atoms with Gasteiger partial charge in [0, 0.05) is 24.0 Å². The van der Waals surface area contributed by atoms with E-state index >= 15 is 0 Å². The van der Waals surface area contributed by atoms with E-state index in [9.17, 15) is 9.50 Å². The summed E-state index contributed by atoms with van der Waals surface area (Å²) in [5, 5.41) is 18.4. The summed E-state index contributed by atoms with van der Waals surface area (Å²) in [5.74, 6) is -0.305. The highest BCUT2D eigenvalue weighted by Gasteiger charge is 2.10. The van der Waals surface area contributed by atoms with Crippen molar-refractivity contribution in [2.45, 2.75) is 6.92 Å². The molecule has 0 spiro atoms. The fourth-order valence-electron chi connectivity index (χ4n) is 1.97. The number of hydrogen-bond acceptors (Lipinski definition) is 3. The number of rotatable bonds is 3. The molecule has 0 saturated heterocycles. The molecular formula is C15H13FN2O. The number of phenolic OH excluding ortho intramolecular Hbond substituents is 1. The average molecular weight is 256 g/mol. The first-order chi connectivity index (χ1) is 9.13. The molecule has 0 bridgehead atoms. The van der Waals surface area contributed by atoms with Crippen molar-refractivity contribution >= 4 is 11.4 Å². The minimum absolute atomic E-state index is 0.146. The van der Waals surface area contributed by atoms with Crippen molar-refractivity contribution in [1.29, 1.82) is 5.26 Å². The summed E-state index contributed by atoms with van der Waals surface area (Å²) >= 11 is 0. The maximum atomic E-state index is 13.5. The van der Waals surface area contributed by atoms with Gasteiger partial charge in [-0.1, -0.05) is 6.07 Å². The molecule has 2 aromatic rings. The lowest BCUT2D eigenvalue weighted by Gasteiger charge is -2.23. The normalized spacial score (nSPS) is 9.95. The summed E-state index contributed by atoms with van der Waals surface area (Å²) in [6.07, 6.45) is 0. The van der Waals surface area contributed by atoms with E-state index in [1.165, 1.54) is 12.1 Å². The Morgan fingerprint density at radius 3 is 2.63 bits per heavy atom. The summed E-state index contributed by atoms with van der Waals surface area (Å²) in [5.41, 5.74) is 1.61. The highest BCUT2D eigenvalue weighted by Crippen LogP contribution is 2.28. The zero-order valence-corrected chi connectivity index (χ0v) is 10.5. The summed E-state index contributed by atoms with van der Waals surface area (Å²) in [4.78, 5) is 1.82. The van der Waals surface area contributed by atoms with Crippen LogP contribution in [0.2, 0.25) is 0 Å². The molecule has 0 atom stereocenters. The molecule has 0 heterocycles. The second kappa shape index (κ2) is 5.40. The average Bonchev–Trinajstić information content (AvgIpc) is 2.39. The summed E-state index contributed by atoms with van der Waals surface area (Å²) in [6.45, 7) is 2.51. The van der Waals surface area contributed by atoms with Gasteiger partial charge in [0.15, 0.2) is 0 Å². The van der Waals surface area contributed by atoms with E-state index in [0.717, 1.165) is 5.69 Å². The van der Waals surface area contributed by atoms with Crippen LogP contribution in [-0.4, -0.2) is 11.7 Å². The van der Waals surface area contributed by atoms with E-state index in [2.05, 4.69) is 0 Å². The molecule has 1 N–H and O–H groups in total. The summed E-state index contributed by atoms with van der Waals surface area (Å²) < 4.78 is 13.5. The van der Waals surface area contributed by atoms with Crippen LogP contribution in [0, 0.1) is 17.1 Å². The van der Waals surface area contributed by atoms with Crippen molar-refractivity contribution in [3.63, 3.8) is 0 Å². The fourth-order valence-corrected chi connectivity index (χ4v) is 1.97. The molecule has 3 nitrogen and oxygen atoms in total. The molecule has 0 fully saturated rings. The number of phenols is 1. The zero-order valence-electron chi connectivity index (χ0n) is 10.5. The van der Waals surface area contributed by atoms with E-state index in [4.69, 9.17) is 5.26 Å². The van der Waals surface area contributed by atoms with Crippen molar-refractivity contribution in [1.82, 2.24) is 0 Å². The van der Waals surface area contributed by atoms with Crippen molar-refractivity contribution in [3.05, 3.63) is 53.8 Å². The van der Waals surface area contributed by atoms with Crippen molar-refractivity contribution < 1.29 is 9.50 Å². The van der Waals surface area contributed by atoms with E-state index in [1.807, 2.05) is 24.0 Å². The molecule has 2 rings (SSSR count). The Morgan fingerprint density at radius 2 is 2.00 bits per heavy atom. The fraction of sp³-hybridized carbons (Fsp3) is 0.133. The number of aromatic hydroxyl groups is 1. The Morgan fingerprint density at radius 1 is 1.21 bits per heavy atom. The number of nitriles is 1. The SMILES string of the molecule is CCN(c1cccc(O)c1)c1cc(F)cc(C#N)c1. The maximum Gasteiger partial charge on any atom is 0.126 e. The van der Waals surface area contributed by atoms with Crippen molar-refractivity contribution in [2.75, 3.05) is 11.4 Å². The van der Waals surface area contributed by atoms with Gasteiger partial charge in [-0.2, -0.15) is 5.26 Å². The monoisotopic (exact) mass is 256 g/mol. The Bertz CT molecular complexity index is 634. The van der Waals surface area contributed by atoms with Crippen molar-refractivity contribution in [2.24, 2.45) is 0 Å². The molecule has 19 heavy (non-hydrogen) atoms. The highest BCUT2D eigenvalue weighted by atomic mass is 19.1. The first kappa shape index (κ1) is 12.9. The van der Waals surface area contributed by atoms with Gasteiger partial charge in [-0.05, 0) is 37.3 Å². The van der Waals surface area contributed by atoms with Gasteiger partial charge in [0.25, 0.3) is 0 Å². The van der Waals surface area contributed by atoms with Crippen LogP contribution < -0.4 is 4.90 Å². The lowest BCUT2D eigenvalue weighted by Crippen LogP contribution is -2.16. The van der Waals surface area contributed by atoms with Crippen LogP contribution >= 0.6 is 0 Å². The molecule has 0 radical (unpaired) electrons. The lowest BCUT2D eigenvalue weighted by molar-refractivity contribution is 0.475. The van der Waals surface area contributed by atoms with Gasteiger partial charge in [-0.15, -0.1) is 0 Å². The van der Waals surface area contributed by atoms with Gasteiger partial charge in [-0.25, -0.2) is 4.39 Å². The minimum atomic E-state index is -0.451. The van der Waals surface area contributed by atoms with Crippen LogP contribution in [0.1, 0.15) is 12.5 Å². The number of nitrogens with zero attached hydrogens (tertiary/aromatic N) is 2. The Kier molecular flexibility index (Phi) is 3.67. The van der Waals surface area contributed by atoms with E-state index in [0.29, 0.717) is 12.2 Å². The van der Waals surface area contributed by atoms with Gasteiger partial charge in [0.2, 0.25) is 0 Å². The van der Waals surface area contributed by atoms with Crippen LogP contribution in [0.3, 0.4) is 0 Å². The highest BCUT2D eigenvalue weighted by molar-refractivity contribution is 5.65. The van der Waals surface area contributed by atoms with Gasteiger partial charge in [-0.3, -0.25) is 0 Å². The van der Waals surface area contributed by atoms with Crippen molar-refractivity contribution in [3.8, 4) is 11.8 Å². The third-order valence-corrected chi connectivity index (χ3v) is 2.78. The number of hydrogen-bond donors (Lipinski definition) is 1. The molecule has 96 valence electrons. The molecule has 0 aliphatic heterocycles. The second-order valence-electron chi connectivity index (χ2n) is 4.07. The third-order valence-electron chi connectivity index (χ3n) is 2.78. The summed E-state index contributed by atoms with van der Waals surface area (Å²) in [7, 11) is 0. The quantitative estimate of drug-likeness (QED) is 0.913. The maximum absolute atomic E-state index is 13.5. The van der Waals surface area contributed by atoms with Gasteiger partial charge in [0.1, 0.15) is 11.6 Å². The molecule has 0 aliphatic carbocycles. The van der Waals surface area contributed by atoms with E-state index in [-0.39, 0.29) is 11.3 Å². The number of halogens is 1. The second-order valence-corrected chi connectivity index (χ2v) is 4.07. The first-order valence-electron chi connectivity index (χ1n) is 5.91. The zero-order chi connectivity index (χ0) is 13.8. The van der Waals surface area contributed by atoms with Gasteiger partial charge >= 0.3 is 0 Å². The minimum Gasteiger partial charge on any atom is -0.508 e. The van der Waals surface area contributed by atoms with Gasteiger partial charge in [0.05, 0.1) is 11.6 Å². The topological polar surface area (TPSA) is 47.3 Å². The van der Waals surface area contributed by atoms with Crippen LogP contribution in [0.5, 0.6) is 5.75 Å². The standard InChI is InChI=1S/C15H13FN2O/c1-2-18(13-4-3-5-15(19)9-13)14-7-11(10-17)6-12(16)8-14/h3-9,19H,2H2,1H3.